The molecule has 0 heterocycles. The van der Waals surface area contributed by atoms with Gasteiger partial charge in [-0.2, -0.15) is 0 Å². The molecule has 0 fully saturated rings. The molecule has 0 unspecified atom stereocenters. The van der Waals surface area contributed by atoms with Gasteiger partial charge >= 0.3 is 0 Å². The van der Waals surface area contributed by atoms with E-state index in [-0.39, 0.29) is 24.1 Å². The maximum atomic E-state index is 13.4. The number of carbonyl (C=O) groups is 2. The Bertz CT molecular complexity index is 463. The summed E-state index contributed by atoms with van der Waals surface area (Å²) in [6.45, 7) is 3.45. The summed E-state index contributed by atoms with van der Waals surface area (Å²) in [5, 5.41) is 4.98. The van der Waals surface area contributed by atoms with Gasteiger partial charge in [-0.15, -0.1) is 0 Å². The van der Waals surface area contributed by atoms with Gasteiger partial charge in [0.25, 0.3) is 5.91 Å². The molecular formula is C12H14BrFN2O2. The molecule has 0 aliphatic carbocycles. The second-order valence-corrected chi connectivity index (χ2v) is 4.94. The lowest BCUT2D eigenvalue weighted by molar-refractivity contribution is -0.120. The van der Waals surface area contributed by atoms with E-state index >= 15 is 0 Å². The van der Waals surface area contributed by atoms with Crippen LogP contribution in [-0.4, -0.2) is 24.4 Å². The first-order valence-corrected chi connectivity index (χ1v) is 6.22. The Morgan fingerprint density at radius 1 is 1.39 bits per heavy atom. The summed E-state index contributed by atoms with van der Waals surface area (Å²) in [6, 6.07) is 4.05. The fraction of sp³-hybridized carbons (Fsp3) is 0.333. The number of rotatable bonds is 4. The standard InChI is InChI=1S/C12H14BrFN2O2/c1-7(2)16-11(17)6-15-12(18)9-5-8(13)3-4-10(9)14/h3-5,7H,6H2,1-2H3,(H,15,18)(H,16,17). The average Bonchev–Trinajstić information content (AvgIpc) is 2.28. The lowest BCUT2D eigenvalue weighted by Crippen LogP contribution is -2.40. The monoisotopic (exact) mass is 316 g/mol. The van der Waals surface area contributed by atoms with Crippen LogP contribution in [0.25, 0.3) is 0 Å². The zero-order valence-electron chi connectivity index (χ0n) is 10.1. The van der Waals surface area contributed by atoms with E-state index in [0.29, 0.717) is 4.47 Å². The largest absolute Gasteiger partial charge is 0.352 e. The highest BCUT2D eigenvalue weighted by Crippen LogP contribution is 2.15. The molecule has 0 aliphatic rings. The van der Waals surface area contributed by atoms with E-state index in [4.69, 9.17) is 0 Å². The van der Waals surface area contributed by atoms with Crippen molar-refractivity contribution >= 4 is 27.7 Å². The normalized spacial score (nSPS) is 10.3. The van der Waals surface area contributed by atoms with Gasteiger partial charge in [-0.1, -0.05) is 15.9 Å². The van der Waals surface area contributed by atoms with Crippen LogP contribution in [0.5, 0.6) is 0 Å². The van der Waals surface area contributed by atoms with Gasteiger partial charge in [0.05, 0.1) is 12.1 Å². The van der Waals surface area contributed by atoms with Crippen molar-refractivity contribution in [3.05, 3.63) is 34.1 Å². The third kappa shape index (κ3) is 4.44. The zero-order valence-corrected chi connectivity index (χ0v) is 11.7. The molecule has 0 bridgehead atoms. The Morgan fingerprint density at radius 2 is 2.06 bits per heavy atom. The molecule has 0 atom stereocenters. The first-order chi connectivity index (χ1) is 8.40. The summed E-state index contributed by atoms with van der Waals surface area (Å²) >= 11 is 3.15. The summed E-state index contributed by atoms with van der Waals surface area (Å²) < 4.78 is 14.0. The first kappa shape index (κ1) is 14.6. The molecule has 1 aromatic rings. The molecule has 0 saturated carbocycles. The molecular weight excluding hydrogens is 303 g/mol. The minimum atomic E-state index is -0.625. The van der Waals surface area contributed by atoms with Crippen molar-refractivity contribution < 1.29 is 14.0 Å². The van der Waals surface area contributed by atoms with E-state index in [1.165, 1.54) is 18.2 Å². The smallest absolute Gasteiger partial charge is 0.254 e. The fourth-order valence-corrected chi connectivity index (χ4v) is 1.66. The van der Waals surface area contributed by atoms with Gasteiger partial charge in [-0.3, -0.25) is 9.59 Å². The maximum Gasteiger partial charge on any atom is 0.254 e. The van der Waals surface area contributed by atoms with Gasteiger partial charge in [0.2, 0.25) is 5.91 Å². The summed E-state index contributed by atoms with van der Waals surface area (Å²) in [6.07, 6.45) is 0. The van der Waals surface area contributed by atoms with Crippen molar-refractivity contribution in [3.63, 3.8) is 0 Å². The lowest BCUT2D eigenvalue weighted by Gasteiger charge is -2.09. The summed E-state index contributed by atoms with van der Waals surface area (Å²) in [5.41, 5.74) is -0.0956. The van der Waals surface area contributed by atoms with Crippen LogP contribution in [0.2, 0.25) is 0 Å². The van der Waals surface area contributed by atoms with Crippen molar-refractivity contribution in [2.45, 2.75) is 19.9 Å². The van der Waals surface area contributed by atoms with E-state index < -0.39 is 11.7 Å². The van der Waals surface area contributed by atoms with Gasteiger partial charge in [-0.25, -0.2) is 4.39 Å². The van der Waals surface area contributed by atoms with Crippen LogP contribution in [0, 0.1) is 5.82 Å². The van der Waals surface area contributed by atoms with E-state index in [9.17, 15) is 14.0 Å². The minimum Gasteiger partial charge on any atom is -0.352 e. The van der Waals surface area contributed by atoms with Gasteiger partial charge < -0.3 is 10.6 Å². The molecule has 1 rings (SSSR count). The number of amides is 2. The van der Waals surface area contributed by atoms with E-state index in [1.807, 2.05) is 13.8 Å². The zero-order chi connectivity index (χ0) is 13.7. The fourth-order valence-electron chi connectivity index (χ4n) is 1.30. The molecule has 0 saturated heterocycles. The quantitative estimate of drug-likeness (QED) is 0.890. The third-order valence-electron chi connectivity index (χ3n) is 2.03. The number of hydrogen-bond donors (Lipinski definition) is 2. The highest BCUT2D eigenvalue weighted by Gasteiger charge is 2.13. The second kappa shape index (κ2) is 6.49. The van der Waals surface area contributed by atoms with E-state index in [0.717, 1.165) is 0 Å². The maximum absolute atomic E-state index is 13.4. The molecule has 0 radical (unpaired) electrons. The molecule has 2 N–H and O–H groups in total. The predicted molar refractivity (Wildman–Crippen MR) is 69.7 cm³/mol. The molecule has 6 heteroatoms. The number of halogens is 2. The average molecular weight is 317 g/mol. The van der Waals surface area contributed by atoms with Crippen molar-refractivity contribution in [3.8, 4) is 0 Å². The van der Waals surface area contributed by atoms with Crippen LogP contribution < -0.4 is 10.6 Å². The van der Waals surface area contributed by atoms with Crippen molar-refractivity contribution in [1.82, 2.24) is 10.6 Å². The number of carbonyl (C=O) groups excluding carboxylic acids is 2. The molecule has 0 aliphatic heterocycles. The van der Waals surface area contributed by atoms with E-state index in [1.54, 1.807) is 0 Å². The first-order valence-electron chi connectivity index (χ1n) is 5.42. The van der Waals surface area contributed by atoms with Crippen LogP contribution in [0.15, 0.2) is 22.7 Å². The number of hydrogen-bond acceptors (Lipinski definition) is 2. The minimum absolute atomic E-state index is 0.00277. The second-order valence-electron chi connectivity index (χ2n) is 4.03. The lowest BCUT2D eigenvalue weighted by atomic mass is 10.2. The summed E-state index contributed by atoms with van der Waals surface area (Å²) in [7, 11) is 0. The van der Waals surface area contributed by atoms with Crippen molar-refractivity contribution in [2.24, 2.45) is 0 Å². The molecule has 0 aromatic heterocycles. The summed E-state index contributed by atoms with van der Waals surface area (Å²) in [4.78, 5) is 23.0. The highest BCUT2D eigenvalue weighted by atomic mass is 79.9. The topological polar surface area (TPSA) is 58.2 Å². The van der Waals surface area contributed by atoms with Gasteiger partial charge in [0, 0.05) is 10.5 Å². The molecule has 98 valence electrons. The molecule has 0 spiro atoms. The van der Waals surface area contributed by atoms with Gasteiger partial charge in [0.1, 0.15) is 5.82 Å². The van der Waals surface area contributed by atoms with Crippen LogP contribution in [0.4, 0.5) is 4.39 Å². The van der Waals surface area contributed by atoms with E-state index in [2.05, 4.69) is 26.6 Å². The number of nitrogens with one attached hydrogen (secondary N) is 2. The Labute approximate surface area is 113 Å². The Kier molecular flexibility index (Phi) is 5.27. The van der Waals surface area contributed by atoms with Gasteiger partial charge in [-0.05, 0) is 32.0 Å². The number of benzene rings is 1. The molecule has 18 heavy (non-hydrogen) atoms. The van der Waals surface area contributed by atoms with Crippen LogP contribution in [0.1, 0.15) is 24.2 Å². The van der Waals surface area contributed by atoms with Crippen molar-refractivity contribution in [2.75, 3.05) is 6.54 Å². The third-order valence-corrected chi connectivity index (χ3v) is 2.53. The SMILES string of the molecule is CC(C)NC(=O)CNC(=O)c1cc(Br)ccc1F. The van der Waals surface area contributed by atoms with Gasteiger partial charge in [0.15, 0.2) is 0 Å². The highest BCUT2D eigenvalue weighted by molar-refractivity contribution is 9.10. The van der Waals surface area contributed by atoms with Crippen LogP contribution >= 0.6 is 15.9 Å². The summed E-state index contributed by atoms with van der Waals surface area (Å²) in [5.74, 6) is -1.55. The Hall–Kier alpha value is -1.43. The Balaban J connectivity index is 2.60. The van der Waals surface area contributed by atoms with Crippen LogP contribution in [0.3, 0.4) is 0 Å². The van der Waals surface area contributed by atoms with Crippen LogP contribution in [-0.2, 0) is 4.79 Å². The molecule has 2 amide bonds. The molecule has 1 aromatic carbocycles. The van der Waals surface area contributed by atoms with Crippen molar-refractivity contribution in [1.29, 1.82) is 0 Å². The Morgan fingerprint density at radius 3 is 2.67 bits per heavy atom. The molecule has 4 nitrogen and oxygen atoms in total. The predicted octanol–water partition coefficient (Wildman–Crippen LogP) is 1.84.